The van der Waals surface area contributed by atoms with E-state index < -0.39 is 22.8 Å². The molecule has 4 aliphatic rings. The first-order chi connectivity index (χ1) is 14.8. The summed E-state index contributed by atoms with van der Waals surface area (Å²) in [4.78, 5) is 40.9. The van der Waals surface area contributed by atoms with Crippen molar-refractivity contribution in [2.45, 2.75) is 86.1 Å². The number of ketones is 1. The Morgan fingerprint density at radius 3 is 2.53 bits per heavy atom. The average molecular weight is 442 g/mol. The zero-order valence-electron chi connectivity index (χ0n) is 20.5. The highest BCUT2D eigenvalue weighted by Crippen LogP contribution is 2.63. The summed E-state index contributed by atoms with van der Waals surface area (Å²) < 4.78 is 0. The van der Waals surface area contributed by atoms with E-state index in [0.29, 0.717) is 37.0 Å². The molecule has 1 amide bonds. The second kappa shape index (κ2) is 7.56. The Morgan fingerprint density at radius 2 is 1.94 bits per heavy atom. The van der Waals surface area contributed by atoms with E-state index in [0.717, 1.165) is 18.4 Å². The Bertz CT molecular complexity index is 909. The van der Waals surface area contributed by atoms with E-state index in [2.05, 4.69) is 19.9 Å². The number of carbonyl (C=O) groups is 3. The molecule has 5 nitrogen and oxygen atoms in total. The number of carboxylic acid groups (broad SMARTS) is 1. The van der Waals surface area contributed by atoms with Crippen molar-refractivity contribution in [3.63, 3.8) is 0 Å². The maximum Gasteiger partial charge on any atom is 0.333 e. The third-order valence-electron chi connectivity index (χ3n) is 9.14. The number of rotatable bonds is 3. The molecule has 0 aromatic heterocycles. The van der Waals surface area contributed by atoms with E-state index in [9.17, 15) is 19.5 Å². The summed E-state index contributed by atoms with van der Waals surface area (Å²) in [6, 6.07) is -0.519. The van der Waals surface area contributed by atoms with Gasteiger partial charge in [-0.3, -0.25) is 9.59 Å². The molecule has 0 spiro atoms. The zero-order valence-corrected chi connectivity index (χ0v) is 20.5. The predicted octanol–water partition coefficient (Wildman–Crippen LogP) is 5.01. The van der Waals surface area contributed by atoms with Crippen LogP contribution in [0.15, 0.2) is 23.3 Å². The number of Topliss-reactive ketones (excluding diaryl/α,β-unsaturated/α-hetero) is 1. The molecule has 4 aliphatic carbocycles. The van der Waals surface area contributed by atoms with Gasteiger partial charge >= 0.3 is 5.97 Å². The number of aliphatic carboxylic acids is 1. The fourth-order valence-corrected chi connectivity index (χ4v) is 7.66. The fraction of sp³-hybridized carbons (Fsp3) is 0.741. The van der Waals surface area contributed by atoms with Crippen molar-refractivity contribution in [3.8, 4) is 0 Å². The normalized spacial score (nSPS) is 38.8. The van der Waals surface area contributed by atoms with Crippen LogP contribution in [0.4, 0.5) is 0 Å². The van der Waals surface area contributed by atoms with Crippen LogP contribution in [0, 0.1) is 34.0 Å². The van der Waals surface area contributed by atoms with Gasteiger partial charge in [0.05, 0.1) is 11.6 Å². The first-order valence-corrected chi connectivity index (χ1v) is 12.3. The fourth-order valence-electron chi connectivity index (χ4n) is 7.66. The number of fused-ring (bicyclic) bond motifs is 5. The van der Waals surface area contributed by atoms with Crippen molar-refractivity contribution in [1.82, 2.24) is 4.90 Å². The molecule has 32 heavy (non-hydrogen) atoms. The van der Waals surface area contributed by atoms with Crippen LogP contribution in [0.2, 0.25) is 0 Å². The van der Waals surface area contributed by atoms with E-state index in [1.807, 2.05) is 27.7 Å². The van der Waals surface area contributed by atoms with E-state index >= 15 is 0 Å². The van der Waals surface area contributed by atoms with Gasteiger partial charge in [0.25, 0.3) is 0 Å². The van der Waals surface area contributed by atoms with Crippen molar-refractivity contribution in [1.29, 1.82) is 0 Å². The van der Waals surface area contributed by atoms with E-state index in [4.69, 9.17) is 0 Å². The molecule has 0 radical (unpaired) electrons. The molecule has 4 rings (SSSR count). The third-order valence-corrected chi connectivity index (χ3v) is 9.14. The number of nitrogens with zero attached hydrogens (tertiary/aromatic N) is 1. The van der Waals surface area contributed by atoms with Gasteiger partial charge in [0.1, 0.15) is 5.78 Å². The summed E-state index contributed by atoms with van der Waals surface area (Å²) in [5, 5.41) is 10.1. The number of amides is 1. The van der Waals surface area contributed by atoms with E-state index in [1.54, 1.807) is 11.0 Å². The van der Waals surface area contributed by atoms with Gasteiger partial charge in [0, 0.05) is 29.7 Å². The monoisotopic (exact) mass is 441 g/mol. The summed E-state index contributed by atoms with van der Waals surface area (Å²) in [6.07, 6.45) is 9.51. The minimum Gasteiger partial charge on any atom is -0.478 e. The SMILES string of the molecule is CCN(C(=O)C(C)(C)C)C1C[C@@]2(C)C(=CCC3C4CCC[C@@]4(C)CC(=O)C32)C=C1C(=O)O. The van der Waals surface area contributed by atoms with Crippen molar-refractivity contribution >= 4 is 17.7 Å². The number of allylic oxidation sites excluding steroid dienone is 3. The summed E-state index contributed by atoms with van der Waals surface area (Å²) in [6.45, 7) is 12.4. The summed E-state index contributed by atoms with van der Waals surface area (Å²) in [5.41, 5.74) is 0.354. The third kappa shape index (κ3) is 3.38. The van der Waals surface area contributed by atoms with Crippen LogP contribution in [0.1, 0.15) is 80.1 Å². The minimum atomic E-state index is -0.974. The lowest BCUT2D eigenvalue weighted by atomic mass is 9.48. The molecule has 4 unspecified atom stereocenters. The number of hydrogen-bond acceptors (Lipinski definition) is 3. The molecule has 5 heteroatoms. The van der Waals surface area contributed by atoms with Gasteiger partial charge < -0.3 is 10.0 Å². The lowest BCUT2D eigenvalue weighted by molar-refractivity contribution is -0.145. The Balaban J connectivity index is 1.79. The van der Waals surface area contributed by atoms with Gasteiger partial charge in [-0.15, -0.1) is 0 Å². The van der Waals surface area contributed by atoms with Gasteiger partial charge in [-0.1, -0.05) is 47.1 Å². The van der Waals surface area contributed by atoms with Gasteiger partial charge in [-0.25, -0.2) is 4.79 Å². The predicted molar refractivity (Wildman–Crippen MR) is 124 cm³/mol. The number of carbonyl (C=O) groups excluding carboxylic acids is 2. The van der Waals surface area contributed by atoms with Crippen molar-refractivity contribution in [2.75, 3.05) is 6.54 Å². The summed E-state index contributed by atoms with van der Waals surface area (Å²) in [7, 11) is 0. The molecule has 0 bridgehead atoms. The Morgan fingerprint density at radius 1 is 1.25 bits per heavy atom. The molecule has 1 N–H and O–H groups in total. The molecule has 2 saturated carbocycles. The quantitative estimate of drug-likeness (QED) is 0.668. The zero-order chi connectivity index (χ0) is 23.6. The van der Waals surface area contributed by atoms with Gasteiger partial charge in [0.15, 0.2) is 0 Å². The van der Waals surface area contributed by atoms with Crippen LogP contribution in [0.3, 0.4) is 0 Å². The molecule has 2 fully saturated rings. The maximum atomic E-state index is 13.6. The van der Waals surface area contributed by atoms with Crippen molar-refractivity contribution in [2.24, 2.45) is 34.0 Å². The summed E-state index contributed by atoms with van der Waals surface area (Å²) >= 11 is 0. The highest BCUT2D eigenvalue weighted by molar-refractivity contribution is 5.92. The second-order valence-corrected chi connectivity index (χ2v) is 12.2. The first-order valence-electron chi connectivity index (χ1n) is 12.3. The van der Waals surface area contributed by atoms with Crippen LogP contribution < -0.4 is 0 Å². The lowest BCUT2D eigenvalue weighted by Crippen LogP contribution is -2.57. The van der Waals surface area contributed by atoms with Crippen LogP contribution in [0.5, 0.6) is 0 Å². The van der Waals surface area contributed by atoms with Gasteiger partial charge in [-0.05, 0) is 61.5 Å². The highest BCUT2D eigenvalue weighted by Gasteiger charge is 2.60. The molecule has 176 valence electrons. The molecule has 0 aromatic carbocycles. The second-order valence-electron chi connectivity index (χ2n) is 12.2. The van der Waals surface area contributed by atoms with Crippen molar-refractivity contribution in [3.05, 3.63) is 23.3 Å². The highest BCUT2D eigenvalue weighted by atomic mass is 16.4. The molecule has 0 aliphatic heterocycles. The first kappa shape index (κ1) is 23.3. The molecule has 0 saturated heterocycles. The smallest absolute Gasteiger partial charge is 0.333 e. The van der Waals surface area contributed by atoms with Crippen LogP contribution in [-0.4, -0.2) is 40.3 Å². The largest absolute Gasteiger partial charge is 0.478 e. The van der Waals surface area contributed by atoms with Crippen molar-refractivity contribution < 1.29 is 19.5 Å². The molecule has 0 heterocycles. The van der Waals surface area contributed by atoms with Crippen LogP contribution in [-0.2, 0) is 14.4 Å². The Kier molecular flexibility index (Phi) is 5.50. The van der Waals surface area contributed by atoms with Crippen LogP contribution in [0.25, 0.3) is 0 Å². The standard InChI is InChI=1S/C27H39NO4/c1-7-28(24(32)25(2,3)4)20-14-27(6)16(13-18(20)23(30)31)10-11-17-19-9-8-12-26(19,5)15-21(29)22(17)27/h10,13,17,19-20,22H,7-9,11-12,14-15H2,1-6H3,(H,30,31)/t17?,19?,20?,22?,26-,27-/m0/s1. The topological polar surface area (TPSA) is 74.7 Å². The van der Waals surface area contributed by atoms with E-state index in [1.165, 1.54) is 12.8 Å². The molecule has 6 atom stereocenters. The lowest BCUT2D eigenvalue weighted by Gasteiger charge is -2.56. The Hall–Kier alpha value is -1.91. The van der Waals surface area contributed by atoms with Crippen LogP contribution >= 0.6 is 0 Å². The van der Waals surface area contributed by atoms with Gasteiger partial charge in [-0.2, -0.15) is 0 Å². The Labute approximate surface area is 192 Å². The van der Waals surface area contributed by atoms with Gasteiger partial charge in [0.2, 0.25) is 5.91 Å². The number of likely N-dealkylation sites (N-methyl/N-ethyl adjacent to an activating group) is 1. The molecular formula is C27H39NO4. The van der Waals surface area contributed by atoms with E-state index in [-0.39, 0.29) is 22.8 Å². The molecular weight excluding hydrogens is 402 g/mol. The maximum absolute atomic E-state index is 13.6. The molecule has 0 aromatic rings. The minimum absolute atomic E-state index is 0.0427. The average Bonchev–Trinajstić information content (AvgIpc) is 3.07. The number of carboxylic acids is 1. The summed E-state index contributed by atoms with van der Waals surface area (Å²) in [5.74, 6) is 0.126. The number of hydrogen-bond donors (Lipinski definition) is 1.